The summed E-state index contributed by atoms with van der Waals surface area (Å²) >= 11 is 0. The number of nitrogens with one attached hydrogen (secondary N) is 1. The van der Waals surface area contributed by atoms with Crippen LogP contribution in [0.3, 0.4) is 0 Å². The minimum absolute atomic E-state index is 0.134. The van der Waals surface area contributed by atoms with Crippen LogP contribution in [0.4, 0.5) is 5.69 Å². The molecule has 4 rings (SSSR count). The number of amides is 2. The molecule has 0 aromatic heterocycles. The molecule has 34 heavy (non-hydrogen) atoms. The van der Waals surface area contributed by atoms with Crippen LogP contribution in [0, 0.1) is 5.92 Å². The molecule has 2 aromatic rings. The molecule has 0 aliphatic carbocycles. The SMILES string of the molecule is COc1ccc(S(=O)(=O)N2CCC[C@@H](C(=O)Nc3ccc(CC(=O)N4CCCC4)cc3)C2)cc1. The van der Waals surface area contributed by atoms with E-state index >= 15 is 0 Å². The highest BCUT2D eigenvalue weighted by atomic mass is 32.2. The second-order valence-corrected chi connectivity index (χ2v) is 10.8. The number of nitrogens with zero attached hydrogens (tertiary/aromatic N) is 2. The van der Waals surface area contributed by atoms with Crippen LogP contribution in [-0.2, 0) is 26.0 Å². The zero-order chi connectivity index (χ0) is 24.1. The molecule has 0 saturated carbocycles. The summed E-state index contributed by atoms with van der Waals surface area (Å²) in [5.41, 5.74) is 1.54. The average Bonchev–Trinajstić information content (AvgIpc) is 3.41. The molecule has 0 unspecified atom stereocenters. The first-order chi connectivity index (χ1) is 16.4. The summed E-state index contributed by atoms with van der Waals surface area (Å²) < 4.78 is 32.6. The maximum Gasteiger partial charge on any atom is 0.243 e. The molecule has 0 spiro atoms. The van der Waals surface area contributed by atoms with E-state index in [0.717, 1.165) is 31.5 Å². The molecule has 9 heteroatoms. The molecule has 2 saturated heterocycles. The fourth-order valence-corrected chi connectivity index (χ4v) is 6.00. The molecular weight excluding hydrogens is 454 g/mol. The maximum absolute atomic E-state index is 13.1. The van der Waals surface area contributed by atoms with Crippen molar-refractivity contribution in [2.24, 2.45) is 5.92 Å². The van der Waals surface area contributed by atoms with Gasteiger partial charge in [0.1, 0.15) is 5.75 Å². The second kappa shape index (κ2) is 10.6. The Morgan fingerprint density at radius 3 is 2.29 bits per heavy atom. The van der Waals surface area contributed by atoms with Gasteiger partial charge in [-0.25, -0.2) is 8.42 Å². The fourth-order valence-electron chi connectivity index (χ4n) is 4.47. The Hall–Kier alpha value is -2.91. The van der Waals surface area contributed by atoms with Crippen LogP contribution in [0.15, 0.2) is 53.4 Å². The molecular formula is C25H31N3O5S. The number of carbonyl (C=O) groups is 2. The molecule has 2 aliphatic heterocycles. The van der Waals surface area contributed by atoms with Gasteiger partial charge in [-0.1, -0.05) is 12.1 Å². The van der Waals surface area contributed by atoms with E-state index in [1.807, 2.05) is 17.0 Å². The van der Waals surface area contributed by atoms with E-state index in [9.17, 15) is 18.0 Å². The number of likely N-dealkylation sites (tertiary alicyclic amines) is 1. The molecule has 0 bridgehead atoms. The van der Waals surface area contributed by atoms with Crippen molar-refractivity contribution in [3.63, 3.8) is 0 Å². The molecule has 2 heterocycles. The summed E-state index contributed by atoms with van der Waals surface area (Å²) in [6, 6.07) is 13.6. The number of benzene rings is 2. The van der Waals surface area contributed by atoms with E-state index in [1.165, 1.54) is 23.5 Å². The Labute approximate surface area is 200 Å². The zero-order valence-electron chi connectivity index (χ0n) is 19.4. The minimum atomic E-state index is -3.69. The first-order valence-corrected chi connectivity index (χ1v) is 13.1. The maximum atomic E-state index is 13.1. The van der Waals surface area contributed by atoms with Gasteiger partial charge in [0.2, 0.25) is 21.8 Å². The predicted molar refractivity (Wildman–Crippen MR) is 129 cm³/mol. The lowest BCUT2D eigenvalue weighted by Gasteiger charge is -2.31. The monoisotopic (exact) mass is 485 g/mol. The van der Waals surface area contributed by atoms with Crippen LogP contribution in [0.5, 0.6) is 5.75 Å². The lowest BCUT2D eigenvalue weighted by atomic mass is 9.98. The highest BCUT2D eigenvalue weighted by Gasteiger charge is 2.33. The van der Waals surface area contributed by atoms with Crippen molar-refractivity contribution >= 4 is 27.5 Å². The number of carbonyl (C=O) groups excluding carboxylic acids is 2. The minimum Gasteiger partial charge on any atom is -0.497 e. The molecule has 8 nitrogen and oxygen atoms in total. The van der Waals surface area contributed by atoms with Crippen LogP contribution in [0.2, 0.25) is 0 Å². The summed E-state index contributed by atoms with van der Waals surface area (Å²) in [4.78, 5) is 27.3. The molecule has 2 aromatic carbocycles. The number of anilines is 1. The van der Waals surface area contributed by atoms with Crippen LogP contribution >= 0.6 is 0 Å². The normalized spacial score (nSPS) is 19.1. The van der Waals surface area contributed by atoms with Gasteiger partial charge < -0.3 is 15.0 Å². The first kappa shape index (κ1) is 24.2. The van der Waals surface area contributed by atoms with E-state index in [-0.39, 0.29) is 23.3 Å². The largest absolute Gasteiger partial charge is 0.497 e. The topological polar surface area (TPSA) is 96.0 Å². The molecule has 0 radical (unpaired) electrons. The van der Waals surface area contributed by atoms with Gasteiger partial charge in [-0.15, -0.1) is 0 Å². The molecule has 182 valence electrons. The van der Waals surface area contributed by atoms with Gasteiger partial charge in [0, 0.05) is 31.9 Å². The summed E-state index contributed by atoms with van der Waals surface area (Å²) in [5.74, 6) is 0.0876. The zero-order valence-corrected chi connectivity index (χ0v) is 20.2. The first-order valence-electron chi connectivity index (χ1n) is 11.7. The van der Waals surface area contributed by atoms with Crippen LogP contribution < -0.4 is 10.1 Å². The van der Waals surface area contributed by atoms with Gasteiger partial charge in [0.15, 0.2) is 0 Å². The quantitative estimate of drug-likeness (QED) is 0.651. The summed E-state index contributed by atoms with van der Waals surface area (Å²) in [5, 5.41) is 2.90. The van der Waals surface area contributed by atoms with Gasteiger partial charge >= 0.3 is 0 Å². The Balaban J connectivity index is 1.35. The Bertz CT molecular complexity index is 1110. The highest BCUT2D eigenvalue weighted by molar-refractivity contribution is 7.89. The number of sulfonamides is 1. The smallest absolute Gasteiger partial charge is 0.243 e. The van der Waals surface area contributed by atoms with Crippen LogP contribution in [-0.4, -0.2) is 62.7 Å². The van der Waals surface area contributed by atoms with Crippen molar-refractivity contribution in [3.05, 3.63) is 54.1 Å². The van der Waals surface area contributed by atoms with Gasteiger partial charge in [-0.3, -0.25) is 9.59 Å². The molecule has 1 N–H and O–H groups in total. The number of methoxy groups -OCH3 is 1. The third kappa shape index (κ3) is 5.59. The van der Waals surface area contributed by atoms with Crippen LogP contribution in [0.25, 0.3) is 0 Å². The van der Waals surface area contributed by atoms with Gasteiger partial charge in [-0.05, 0) is 67.6 Å². The lowest BCUT2D eigenvalue weighted by Crippen LogP contribution is -2.43. The van der Waals surface area contributed by atoms with Crippen molar-refractivity contribution in [1.29, 1.82) is 0 Å². The summed E-state index contributed by atoms with van der Waals surface area (Å²) in [6.45, 7) is 2.19. The third-order valence-corrected chi connectivity index (χ3v) is 8.37. The number of ether oxygens (including phenoxy) is 1. The van der Waals surface area contributed by atoms with Crippen molar-refractivity contribution in [1.82, 2.24) is 9.21 Å². The highest BCUT2D eigenvalue weighted by Crippen LogP contribution is 2.26. The molecule has 2 aliphatic rings. The second-order valence-electron chi connectivity index (χ2n) is 8.83. The van der Waals surface area contributed by atoms with Gasteiger partial charge in [0.05, 0.1) is 24.3 Å². The number of hydrogen-bond donors (Lipinski definition) is 1. The average molecular weight is 486 g/mol. The number of rotatable bonds is 7. The Morgan fingerprint density at radius 2 is 1.65 bits per heavy atom. The van der Waals surface area contributed by atoms with E-state index in [4.69, 9.17) is 4.74 Å². The van der Waals surface area contributed by atoms with Gasteiger partial charge in [-0.2, -0.15) is 4.31 Å². The third-order valence-electron chi connectivity index (χ3n) is 6.49. The standard InChI is InChI=1S/C25H31N3O5S/c1-33-22-10-12-23(13-11-22)34(31,32)28-16-4-5-20(18-28)25(30)26-21-8-6-19(7-9-21)17-24(29)27-14-2-3-15-27/h6-13,20H,2-5,14-18H2,1H3,(H,26,30)/t20-/m1/s1. The molecule has 2 amide bonds. The summed E-state index contributed by atoms with van der Waals surface area (Å²) in [7, 11) is -2.16. The van der Waals surface area contributed by atoms with Crippen molar-refractivity contribution in [2.45, 2.75) is 37.0 Å². The lowest BCUT2D eigenvalue weighted by molar-refractivity contribution is -0.129. The van der Waals surface area contributed by atoms with E-state index < -0.39 is 15.9 Å². The molecule has 1 atom stereocenters. The van der Waals surface area contributed by atoms with Crippen molar-refractivity contribution < 1.29 is 22.7 Å². The van der Waals surface area contributed by atoms with E-state index in [0.29, 0.717) is 37.2 Å². The predicted octanol–water partition coefficient (Wildman–Crippen LogP) is 2.90. The number of hydrogen-bond acceptors (Lipinski definition) is 5. The van der Waals surface area contributed by atoms with Crippen molar-refractivity contribution in [2.75, 3.05) is 38.6 Å². The number of piperidine rings is 1. The molecule has 2 fully saturated rings. The Kier molecular flexibility index (Phi) is 7.53. The van der Waals surface area contributed by atoms with Crippen molar-refractivity contribution in [3.8, 4) is 5.75 Å². The fraction of sp³-hybridized carbons (Fsp3) is 0.440. The van der Waals surface area contributed by atoms with E-state index in [1.54, 1.807) is 24.3 Å². The Morgan fingerprint density at radius 1 is 0.971 bits per heavy atom. The summed E-state index contributed by atoms with van der Waals surface area (Å²) in [6.07, 6.45) is 3.73. The van der Waals surface area contributed by atoms with Crippen LogP contribution in [0.1, 0.15) is 31.2 Å². The van der Waals surface area contributed by atoms with Gasteiger partial charge in [0.25, 0.3) is 0 Å². The van der Waals surface area contributed by atoms with E-state index in [2.05, 4.69) is 5.32 Å².